The number of nitrogens with one attached hydrogen (secondary N) is 1. The maximum atomic E-state index is 5.63. The number of nitrogens with zero attached hydrogens (tertiary/aromatic N) is 1. The van der Waals surface area contributed by atoms with Gasteiger partial charge in [-0.05, 0) is 25.1 Å². The minimum Gasteiger partial charge on any atom is -0.397 e. The third kappa shape index (κ3) is 2.47. The van der Waals surface area contributed by atoms with Gasteiger partial charge in [-0.25, -0.2) is 0 Å². The predicted molar refractivity (Wildman–Crippen MR) is 63.1 cm³/mol. The van der Waals surface area contributed by atoms with Gasteiger partial charge < -0.3 is 11.1 Å². The summed E-state index contributed by atoms with van der Waals surface area (Å²) >= 11 is 0. The molecule has 0 amide bonds. The van der Waals surface area contributed by atoms with Crippen molar-refractivity contribution in [2.45, 2.75) is 6.92 Å². The van der Waals surface area contributed by atoms with Crippen molar-refractivity contribution in [1.82, 2.24) is 4.98 Å². The summed E-state index contributed by atoms with van der Waals surface area (Å²) in [6.07, 6.45) is 3.37. The molecule has 0 fully saturated rings. The maximum Gasteiger partial charge on any atom is 0.0591 e. The lowest BCUT2D eigenvalue weighted by atomic mass is 10.2. The topological polar surface area (TPSA) is 50.9 Å². The van der Waals surface area contributed by atoms with E-state index in [-0.39, 0.29) is 0 Å². The van der Waals surface area contributed by atoms with Crippen molar-refractivity contribution in [2.75, 3.05) is 11.1 Å². The maximum absolute atomic E-state index is 5.63. The highest BCUT2D eigenvalue weighted by molar-refractivity contribution is 5.62. The molecular weight excluding hydrogens is 186 g/mol. The Morgan fingerprint density at radius 3 is 2.47 bits per heavy atom. The number of nitrogen functional groups attached to an aromatic ring is 1. The van der Waals surface area contributed by atoms with Crippen molar-refractivity contribution < 1.29 is 0 Å². The lowest BCUT2D eigenvalue weighted by Gasteiger charge is -2.06. The monoisotopic (exact) mass is 199 g/mol. The summed E-state index contributed by atoms with van der Waals surface area (Å²) in [7, 11) is 0. The zero-order valence-corrected chi connectivity index (χ0v) is 8.57. The average molecular weight is 199 g/mol. The third-order valence-electron chi connectivity index (χ3n) is 2.10. The van der Waals surface area contributed by atoms with Crippen LogP contribution in [0.2, 0.25) is 0 Å². The molecule has 0 unspecified atom stereocenters. The minimum atomic E-state index is 0.659. The smallest absolute Gasteiger partial charge is 0.0591 e. The Labute approximate surface area is 89.0 Å². The summed E-state index contributed by atoms with van der Waals surface area (Å²) in [6.45, 7) is 2.06. The van der Waals surface area contributed by atoms with E-state index >= 15 is 0 Å². The molecule has 3 nitrogen and oxygen atoms in total. The molecule has 1 aromatic heterocycles. The van der Waals surface area contributed by atoms with Gasteiger partial charge in [-0.15, -0.1) is 0 Å². The summed E-state index contributed by atoms with van der Waals surface area (Å²) in [5.74, 6) is 0. The van der Waals surface area contributed by atoms with Crippen LogP contribution >= 0.6 is 0 Å². The first-order chi connectivity index (χ1) is 7.24. The largest absolute Gasteiger partial charge is 0.397 e. The van der Waals surface area contributed by atoms with Gasteiger partial charge in [0, 0.05) is 11.9 Å². The van der Waals surface area contributed by atoms with Crippen LogP contribution in [0, 0.1) is 6.92 Å². The molecule has 0 aliphatic rings. The molecule has 1 heterocycles. The second-order valence-corrected chi connectivity index (χ2v) is 3.50. The SMILES string of the molecule is Cc1ccc(Nc2cncc(N)c2)cc1. The molecule has 3 N–H and O–H groups in total. The van der Waals surface area contributed by atoms with Crippen LogP contribution in [0.3, 0.4) is 0 Å². The average Bonchev–Trinajstić information content (AvgIpc) is 2.22. The van der Waals surface area contributed by atoms with Gasteiger partial charge in [0.25, 0.3) is 0 Å². The summed E-state index contributed by atoms with van der Waals surface area (Å²) in [5, 5.41) is 3.23. The van der Waals surface area contributed by atoms with E-state index in [0.29, 0.717) is 5.69 Å². The van der Waals surface area contributed by atoms with Crippen molar-refractivity contribution in [3.8, 4) is 0 Å². The van der Waals surface area contributed by atoms with E-state index in [2.05, 4.69) is 29.4 Å². The molecular formula is C12H13N3. The quantitative estimate of drug-likeness (QED) is 0.781. The standard InChI is InChI=1S/C12H13N3/c1-9-2-4-11(5-3-9)15-12-6-10(13)7-14-8-12/h2-8,15H,13H2,1H3. The number of benzene rings is 1. The normalized spacial score (nSPS) is 9.93. The van der Waals surface area contributed by atoms with Crippen LogP contribution in [0.4, 0.5) is 17.1 Å². The number of nitrogens with two attached hydrogens (primary N) is 1. The van der Waals surface area contributed by atoms with E-state index in [1.165, 1.54) is 5.56 Å². The first kappa shape index (κ1) is 9.52. The Morgan fingerprint density at radius 2 is 1.80 bits per heavy atom. The molecule has 0 aliphatic heterocycles. The summed E-state index contributed by atoms with van der Waals surface area (Å²) in [4.78, 5) is 4.01. The van der Waals surface area contributed by atoms with Crippen molar-refractivity contribution in [3.05, 3.63) is 48.3 Å². The zero-order valence-electron chi connectivity index (χ0n) is 8.57. The van der Waals surface area contributed by atoms with Crippen molar-refractivity contribution in [1.29, 1.82) is 0 Å². The molecule has 0 aliphatic carbocycles. The van der Waals surface area contributed by atoms with E-state index in [4.69, 9.17) is 5.73 Å². The van der Waals surface area contributed by atoms with Gasteiger partial charge in [-0.2, -0.15) is 0 Å². The highest BCUT2D eigenvalue weighted by Gasteiger charge is 1.95. The highest BCUT2D eigenvalue weighted by Crippen LogP contribution is 2.17. The number of pyridine rings is 1. The predicted octanol–water partition coefficient (Wildman–Crippen LogP) is 2.72. The van der Waals surface area contributed by atoms with Crippen molar-refractivity contribution in [3.63, 3.8) is 0 Å². The summed E-state index contributed by atoms with van der Waals surface area (Å²) < 4.78 is 0. The van der Waals surface area contributed by atoms with Gasteiger partial charge in [0.05, 0.1) is 17.6 Å². The minimum absolute atomic E-state index is 0.659. The van der Waals surface area contributed by atoms with Crippen LogP contribution in [-0.2, 0) is 0 Å². The fourth-order valence-corrected chi connectivity index (χ4v) is 1.33. The Kier molecular flexibility index (Phi) is 2.54. The molecule has 2 rings (SSSR count). The first-order valence-corrected chi connectivity index (χ1v) is 4.78. The molecule has 0 saturated heterocycles. The fraction of sp³-hybridized carbons (Fsp3) is 0.0833. The molecule has 76 valence electrons. The molecule has 0 spiro atoms. The van der Waals surface area contributed by atoms with Crippen LogP contribution in [0.15, 0.2) is 42.7 Å². The first-order valence-electron chi connectivity index (χ1n) is 4.78. The Hall–Kier alpha value is -2.03. The summed E-state index contributed by atoms with van der Waals surface area (Å²) in [6, 6.07) is 10.0. The number of hydrogen-bond donors (Lipinski definition) is 2. The lowest BCUT2D eigenvalue weighted by molar-refractivity contribution is 1.32. The number of aromatic nitrogens is 1. The second-order valence-electron chi connectivity index (χ2n) is 3.50. The van der Waals surface area contributed by atoms with Gasteiger partial charge in [0.2, 0.25) is 0 Å². The van der Waals surface area contributed by atoms with Crippen LogP contribution in [0.25, 0.3) is 0 Å². The van der Waals surface area contributed by atoms with Gasteiger partial charge in [0.1, 0.15) is 0 Å². The van der Waals surface area contributed by atoms with Crippen LogP contribution in [-0.4, -0.2) is 4.98 Å². The van der Waals surface area contributed by atoms with Gasteiger partial charge in [-0.1, -0.05) is 17.7 Å². The van der Waals surface area contributed by atoms with Crippen LogP contribution < -0.4 is 11.1 Å². The molecule has 0 saturated carbocycles. The Bertz CT molecular complexity index is 449. The van der Waals surface area contributed by atoms with Crippen molar-refractivity contribution >= 4 is 17.1 Å². The Balaban J connectivity index is 2.18. The molecule has 0 atom stereocenters. The third-order valence-corrected chi connectivity index (χ3v) is 2.10. The van der Waals surface area contributed by atoms with Crippen LogP contribution in [0.5, 0.6) is 0 Å². The molecule has 0 radical (unpaired) electrons. The van der Waals surface area contributed by atoms with E-state index < -0.39 is 0 Å². The lowest BCUT2D eigenvalue weighted by Crippen LogP contribution is -1.93. The van der Waals surface area contributed by atoms with Gasteiger partial charge in [-0.3, -0.25) is 4.98 Å². The number of rotatable bonds is 2. The second kappa shape index (κ2) is 4.00. The number of anilines is 3. The van der Waals surface area contributed by atoms with E-state index in [9.17, 15) is 0 Å². The molecule has 0 bridgehead atoms. The van der Waals surface area contributed by atoms with Gasteiger partial charge in [0.15, 0.2) is 0 Å². The molecule has 3 heteroatoms. The number of hydrogen-bond acceptors (Lipinski definition) is 3. The zero-order chi connectivity index (χ0) is 10.7. The molecule has 1 aromatic carbocycles. The fourth-order valence-electron chi connectivity index (χ4n) is 1.33. The van der Waals surface area contributed by atoms with Crippen molar-refractivity contribution in [2.24, 2.45) is 0 Å². The Morgan fingerprint density at radius 1 is 1.07 bits per heavy atom. The molecule has 2 aromatic rings. The summed E-state index contributed by atoms with van der Waals surface area (Å²) in [5.41, 5.74) is 9.47. The number of aryl methyl sites for hydroxylation is 1. The molecule has 15 heavy (non-hydrogen) atoms. The van der Waals surface area contributed by atoms with Crippen LogP contribution in [0.1, 0.15) is 5.56 Å². The van der Waals surface area contributed by atoms with E-state index in [1.807, 2.05) is 18.2 Å². The van der Waals surface area contributed by atoms with Gasteiger partial charge >= 0.3 is 0 Å². The van der Waals surface area contributed by atoms with E-state index in [0.717, 1.165) is 11.4 Å². The highest BCUT2D eigenvalue weighted by atomic mass is 14.9. The van der Waals surface area contributed by atoms with E-state index in [1.54, 1.807) is 12.4 Å².